The number of thioether (sulfide) groups is 1. The van der Waals surface area contributed by atoms with Crippen LogP contribution in [0.5, 0.6) is 0 Å². The maximum atomic E-state index is 11.8. The molecule has 2 N–H and O–H groups in total. The van der Waals surface area contributed by atoms with E-state index in [1.165, 1.54) is 6.20 Å². The van der Waals surface area contributed by atoms with Crippen molar-refractivity contribution in [3.8, 4) is 0 Å². The van der Waals surface area contributed by atoms with Crippen molar-refractivity contribution in [1.29, 1.82) is 0 Å². The Morgan fingerprint density at radius 2 is 2.15 bits per heavy atom. The molecule has 2 aromatic rings. The normalized spacial score (nSPS) is 12.2. The standard InChI is InChI=1S/C14H16N2O3S/c1-9-12(7-16-19-9)14(18)15-8-13(17)10-3-5-11(20-2)6-4-10/h3-7,13,17H,8H2,1-2H3,(H,15,18). The van der Waals surface area contributed by atoms with E-state index in [4.69, 9.17) is 4.52 Å². The third-order valence-corrected chi connectivity index (χ3v) is 3.70. The van der Waals surface area contributed by atoms with Crippen LogP contribution in [0.1, 0.15) is 27.8 Å². The molecule has 6 heteroatoms. The Labute approximate surface area is 121 Å². The number of aliphatic hydroxyl groups is 1. The molecule has 1 amide bonds. The minimum atomic E-state index is -0.741. The number of carbonyl (C=O) groups is 1. The van der Waals surface area contributed by atoms with Gasteiger partial charge >= 0.3 is 0 Å². The van der Waals surface area contributed by atoms with Crippen LogP contribution in [0.3, 0.4) is 0 Å². The lowest BCUT2D eigenvalue weighted by atomic mass is 10.1. The molecule has 1 heterocycles. The van der Waals surface area contributed by atoms with Gasteiger partial charge < -0.3 is 14.9 Å². The minimum absolute atomic E-state index is 0.141. The first kappa shape index (κ1) is 14.6. The molecule has 0 fully saturated rings. The second kappa shape index (κ2) is 6.58. The molecule has 0 bridgehead atoms. The number of hydrogen-bond acceptors (Lipinski definition) is 5. The van der Waals surface area contributed by atoms with E-state index < -0.39 is 6.10 Å². The topological polar surface area (TPSA) is 75.4 Å². The van der Waals surface area contributed by atoms with Crippen molar-refractivity contribution >= 4 is 17.7 Å². The van der Waals surface area contributed by atoms with Crippen molar-refractivity contribution in [2.75, 3.05) is 12.8 Å². The lowest BCUT2D eigenvalue weighted by Gasteiger charge is -2.12. The van der Waals surface area contributed by atoms with Gasteiger partial charge in [-0.15, -0.1) is 11.8 Å². The summed E-state index contributed by atoms with van der Waals surface area (Å²) in [4.78, 5) is 13.0. The van der Waals surface area contributed by atoms with Gasteiger partial charge in [0.05, 0.1) is 12.3 Å². The fourth-order valence-electron chi connectivity index (χ4n) is 1.75. The van der Waals surface area contributed by atoms with Crippen molar-refractivity contribution in [1.82, 2.24) is 10.5 Å². The summed E-state index contributed by atoms with van der Waals surface area (Å²) in [5.74, 6) is 0.157. The van der Waals surface area contributed by atoms with Crippen LogP contribution in [-0.2, 0) is 0 Å². The fraction of sp³-hybridized carbons (Fsp3) is 0.286. The molecular formula is C14H16N2O3S. The van der Waals surface area contributed by atoms with Gasteiger partial charge in [-0.3, -0.25) is 4.79 Å². The molecule has 1 aromatic carbocycles. The monoisotopic (exact) mass is 292 g/mol. The summed E-state index contributed by atoms with van der Waals surface area (Å²) in [7, 11) is 0. The summed E-state index contributed by atoms with van der Waals surface area (Å²) < 4.78 is 4.83. The highest BCUT2D eigenvalue weighted by atomic mass is 32.2. The van der Waals surface area contributed by atoms with E-state index in [2.05, 4.69) is 10.5 Å². The highest BCUT2D eigenvalue weighted by Crippen LogP contribution is 2.18. The molecule has 0 aliphatic heterocycles. The van der Waals surface area contributed by atoms with Gasteiger partial charge in [0.2, 0.25) is 0 Å². The van der Waals surface area contributed by atoms with Crippen LogP contribution < -0.4 is 5.32 Å². The number of rotatable bonds is 5. The Hall–Kier alpha value is -1.79. The number of aliphatic hydroxyl groups excluding tert-OH is 1. The smallest absolute Gasteiger partial charge is 0.256 e. The molecule has 2 rings (SSSR count). The zero-order chi connectivity index (χ0) is 14.5. The number of nitrogens with one attached hydrogen (secondary N) is 1. The van der Waals surface area contributed by atoms with Crippen molar-refractivity contribution in [2.24, 2.45) is 0 Å². The van der Waals surface area contributed by atoms with Crippen LogP contribution in [0.15, 0.2) is 39.9 Å². The maximum absolute atomic E-state index is 11.8. The molecule has 1 unspecified atom stereocenters. The number of benzene rings is 1. The second-order valence-corrected chi connectivity index (χ2v) is 5.17. The molecule has 0 saturated heterocycles. The van der Waals surface area contributed by atoms with Crippen LogP contribution >= 0.6 is 11.8 Å². The van der Waals surface area contributed by atoms with E-state index >= 15 is 0 Å². The summed E-state index contributed by atoms with van der Waals surface area (Å²) in [6.07, 6.45) is 2.62. The number of aryl methyl sites for hydroxylation is 1. The summed E-state index contributed by atoms with van der Waals surface area (Å²) in [6, 6.07) is 7.59. The van der Waals surface area contributed by atoms with E-state index in [0.717, 1.165) is 10.5 Å². The van der Waals surface area contributed by atoms with Crippen molar-refractivity contribution in [3.05, 3.63) is 47.3 Å². The van der Waals surface area contributed by atoms with Gasteiger partial charge in [-0.25, -0.2) is 0 Å². The molecular weight excluding hydrogens is 276 g/mol. The predicted octanol–water partition coefficient (Wildman–Crippen LogP) is 2.17. The molecule has 106 valence electrons. The van der Waals surface area contributed by atoms with Crippen molar-refractivity contribution in [2.45, 2.75) is 17.9 Å². The summed E-state index contributed by atoms with van der Waals surface area (Å²) in [5, 5.41) is 16.2. The van der Waals surface area contributed by atoms with Crippen LogP contribution in [-0.4, -0.2) is 29.0 Å². The number of carbonyl (C=O) groups excluding carboxylic acids is 1. The average molecular weight is 292 g/mol. The Bertz CT molecular complexity index is 580. The first-order valence-corrected chi connectivity index (χ1v) is 7.35. The second-order valence-electron chi connectivity index (χ2n) is 4.29. The molecule has 0 saturated carbocycles. The third-order valence-electron chi connectivity index (χ3n) is 2.95. The van der Waals surface area contributed by atoms with E-state index in [0.29, 0.717) is 11.3 Å². The highest BCUT2D eigenvalue weighted by molar-refractivity contribution is 7.98. The molecule has 5 nitrogen and oxygen atoms in total. The largest absolute Gasteiger partial charge is 0.387 e. The first-order chi connectivity index (χ1) is 9.61. The zero-order valence-electron chi connectivity index (χ0n) is 11.3. The minimum Gasteiger partial charge on any atom is -0.387 e. The predicted molar refractivity (Wildman–Crippen MR) is 76.8 cm³/mol. The van der Waals surface area contributed by atoms with Gasteiger partial charge in [-0.1, -0.05) is 17.3 Å². The Balaban J connectivity index is 1.93. The van der Waals surface area contributed by atoms with Gasteiger partial charge in [0.25, 0.3) is 5.91 Å². The van der Waals surface area contributed by atoms with Gasteiger partial charge in [0.15, 0.2) is 0 Å². The van der Waals surface area contributed by atoms with E-state index in [1.54, 1.807) is 18.7 Å². The molecule has 0 aliphatic rings. The highest BCUT2D eigenvalue weighted by Gasteiger charge is 2.14. The number of nitrogens with zero attached hydrogens (tertiary/aromatic N) is 1. The van der Waals surface area contributed by atoms with Crippen molar-refractivity contribution < 1.29 is 14.4 Å². The average Bonchev–Trinajstić information content (AvgIpc) is 2.90. The molecule has 0 spiro atoms. The number of amides is 1. The maximum Gasteiger partial charge on any atom is 0.256 e. The van der Waals surface area contributed by atoms with Crippen LogP contribution in [0.25, 0.3) is 0 Å². The summed E-state index contributed by atoms with van der Waals surface area (Å²) in [5.41, 5.74) is 1.15. The molecule has 0 aliphatic carbocycles. The lowest BCUT2D eigenvalue weighted by Crippen LogP contribution is -2.28. The lowest BCUT2D eigenvalue weighted by molar-refractivity contribution is 0.0914. The number of aromatic nitrogens is 1. The fourth-order valence-corrected chi connectivity index (χ4v) is 2.15. The quantitative estimate of drug-likeness (QED) is 0.826. The summed E-state index contributed by atoms with van der Waals surface area (Å²) in [6.45, 7) is 1.81. The summed E-state index contributed by atoms with van der Waals surface area (Å²) >= 11 is 1.64. The molecule has 1 aromatic heterocycles. The number of hydrogen-bond donors (Lipinski definition) is 2. The van der Waals surface area contributed by atoms with Gasteiger partial charge in [-0.2, -0.15) is 0 Å². The Morgan fingerprint density at radius 3 is 2.70 bits per heavy atom. The first-order valence-electron chi connectivity index (χ1n) is 6.13. The van der Waals surface area contributed by atoms with Crippen LogP contribution in [0.2, 0.25) is 0 Å². The SMILES string of the molecule is CSc1ccc(C(O)CNC(=O)c2cnoc2C)cc1. The Kier molecular flexibility index (Phi) is 4.81. The van der Waals surface area contributed by atoms with Crippen LogP contribution in [0.4, 0.5) is 0 Å². The van der Waals surface area contributed by atoms with E-state index in [-0.39, 0.29) is 12.5 Å². The Morgan fingerprint density at radius 1 is 1.45 bits per heavy atom. The molecule has 20 heavy (non-hydrogen) atoms. The van der Waals surface area contributed by atoms with Gasteiger partial charge in [0, 0.05) is 11.4 Å². The third kappa shape index (κ3) is 3.40. The molecule has 1 atom stereocenters. The van der Waals surface area contributed by atoms with Gasteiger partial charge in [-0.05, 0) is 30.9 Å². The van der Waals surface area contributed by atoms with Crippen LogP contribution in [0, 0.1) is 6.92 Å². The zero-order valence-corrected chi connectivity index (χ0v) is 12.1. The van der Waals surface area contributed by atoms with E-state index in [1.807, 2.05) is 30.5 Å². The van der Waals surface area contributed by atoms with E-state index in [9.17, 15) is 9.90 Å². The van der Waals surface area contributed by atoms with Gasteiger partial charge in [0.1, 0.15) is 11.3 Å². The molecule has 0 radical (unpaired) electrons. The van der Waals surface area contributed by atoms with Crippen molar-refractivity contribution in [3.63, 3.8) is 0 Å².